The molecule has 1 atom stereocenters. The van der Waals surface area contributed by atoms with Crippen LogP contribution in [0.2, 0.25) is 0 Å². The molecule has 126 valence electrons. The molecule has 1 amide bonds. The highest BCUT2D eigenvalue weighted by molar-refractivity contribution is 5.78. The zero-order valence-corrected chi connectivity index (χ0v) is 13.9. The lowest BCUT2D eigenvalue weighted by atomic mass is 9.91. The van der Waals surface area contributed by atoms with Gasteiger partial charge < -0.3 is 15.0 Å². The van der Waals surface area contributed by atoms with Gasteiger partial charge in [-0.25, -0.2) is 0 Å². The van der Waals surface area contributed by atoms with Gasteiger partial charge in [0.15, 0.2) is 0 Å². The van der Waals surface area contributed by atoms with Crippen LogP contribution < -0.4 is 5.32 Å². The van der Waals surface area contributed by atoms with E-state index in [1.165, 1.54) is 18.4 Å². The number of hydrogen-bond acceptors (Lipinski definition) is 3. The Morgan fingerprint density at radius 2 is 1.96 bits per heavy atom. The van der Waals surface area contributed by atoms with Crippen molar-refractivity contribution in [2.24, 2.45) is 5.92 Å². The van der Waals surface area contributed by atoms with E-state index in [1.54, 1.807) is 0 Å². The molecular formula is C19H28N2O2. The van der Waals surface area contributed by atoms with Gasteiger partial charge in [0.1, 0.15) is 0 Å². The molecule has 4 heteroatoms. The lowest BCUT2D eigenvalue weighted by Crippen LogP contribution is -2.42. The molecule has 1 aromatic rings. The van der Waals surface area contributed by atoms with Gasteiger partial charge in [0.2, 0.25) is 5.91 Å². The summed E-state index contributed by atoms with van der Waals surface area (Å²) in [6.07, 6.45) is 4.25. The molecule has 2 aliphatic rings. The quantitative estimate of drug-likeness (QED) is 0.907. The number of nitrogens with zero attached hydrogens (tertiary/aromatic N) is 1. The fourth-order valence-electron chi connectivity index (χ4n) is 3.70. The van der Waals surface area contributed by atoms with Crippen LogP contribution in [-0.2, 0) is 9.53 Å². The van der Waals surface area contributed by atoms with Crippen molar-refractivity contribution in [2.45, 2.75) is 31.6 Å². The maximum absolute atomic E-state index is 12.1. The van der Waals surface area contributed by atoms with E-state index in [0.717, 1.165) is 52.2 Å². The van der Waals surface area contributed by atoms with Crippen LogP contribution in [-0.4, -0.2) is 50.2 Å². The number of rotatable bonds is 5. The van der Waals surface area contributed by atoms with Crippen LogP contribution in [0.4, 0.5) is 0 Å². The first kappa shape index (κ1) is 16.5. The van der Waals surface area contributed by atoms with Crippen molar-refractivity contribution < 1.29 is 9.53 Å². The van der Waals surface area contributed by atoms with Crippen molar-refractivity contribution >= 4 is 5.91 Å². The topological polar surface area (TPSA) is 41.6 Å². The Labute approximate surface area is 139 Å². The molecule has 1 N–H and O–H groups in total. The monoisotopic (exact) mass is 316 g/mol. The predicted molar refractivity (Wildman–Crippen MR) is 91.4 cm³/mol. The maximum Gasteiger partial charge on any atom is 0.223 e. The van der Waals surface area contributed by atoms with E-state index in [4.69, 9.17) is 4.74 Å². The zero-order chi connectivity index (χ0) is 15.9. The summed E-state index contributed by atoms with van der Waals surface area (Å²) >= 11 is 0. The Bertz CT molecular complexity index is 485. The first-order valence-corrected chi connectivity index (χ1v) is 8.95. The smallest absolute Gasteiger partial charge is 0.223 e. The molecule has 3 rings (SSSR count). The molecule has 0 bridgehead atoms. The average molecular weight is 316 g/mol. The number of nitrogens with one attached hydrogen (secondary N) is 1. The third-order valence-corrected chi connectivity index (χ3v) is 5.10. The minimum Gasteiger partial charge on any atom is -0.381 e. The standard InChI is InChI=1S/C19H28N2O2/c22-19(17-8-13-23-14-9-17)20-10-12-21-11-4-7-18(15-21)16-5-2-1-3-6-16/h1-3,5-6,17-18H,4,7-15H2,(H,20,22)/t18-/m1/s1. The minimum atomic E-state index is 0.155. The van der Waals surface area contributed by atoms with Crippen LogP contribution in [0.5, 0.6) is 0 Å². The van der Waals surface area contributed by atoms with Gasteiger partial charge in [0, 0.05) is 38.8 Å². The maximum atomic E-state index is 12.1. The molecule has 1 aromatic carbocycles. The number of piperidine rings is 1. The molecule has 0 aromatic heterocycles. The fraction of sp³-hybridized carbons (Fsp3) is 0.632. The van der Waals surface area contributed by atoms with Gasteiger partial charge >= 0.3 is 0 Å². The van der Waals surface area contributed by atoms with Crippen LogP contribution in [0, 0.1) is 5.92 Å². The number of carbonyl (C=O) groups excluding carboxylic acids is 1. The zero-order valence-electron chi connectivity index (χ0n) is 13.9. The normalized spacial score (nSPS) is 23.6. The van der Waals surface area contributed by atoms with Crippen LogP contribution >= 0.6 is 0 Å². The van der Waals surface area contributed by atoms with Gasteiger partial charge in [0.05, 0.1) is 0 Å². The second-order valence-corrected chi connectivity index (χ2v) is 6.73. The van der Waals surface area contributed by atoms with Crippen molar-refractivity contribution in [3.05, 3.63) is 35.9 Å². The van der Waals surface area contributed by atoms with Crippen molar-refractivity contribution in [1.82, 2.24) is 10.2 Å². The molecule has 2 heterocycles. The molecule has 2 fully saturated rings. The van der Waals surface area contributed by atoms with E-state index in [1.807, 2.05) is 0 Å². The molecule has 0 unspecified atom stereocenters. The molecule has 0 spiro atoms. The minimum absolute atomic E-state index is 0.155. The Hall–Kier alpha value is -1.39. The van der Waals surface area contributed by atoms with E-state index in [-0.39, 0.29) is 11.8 Å². The van der Waals surface area contributed by atoms with Crippen LogP contribution in [0.3, 0.4) is 0 Å². The lowest BCUT2D eigenvalue weighted by Gasteiger charge is -2.33. The van der Waals surface area contributed by atoms with Crippen LogP contribution in [0.25, 0.3) is 0 Å². The molecule has 0 radical (unpaired) electrons. The van der Waals surface area contributed by atoms with Crippen LogP contribution in [0.1, 0.15) is 37.2 Å². The van der Waals surface area contributed by atoms with E-state index in [0.29, 0.717) is 5.92 Å². The fourth-order valence-corrected chi connectivity index (χ4v) is 3.70. The highest BCUT2D eigenvalue weighted by Crippen LogP contribution is 2.26. The summed E-state index contributed by atoms with van der Waals surface area (Å²) in [6.45, 7) is 5.43. The predicted octanol–water partition coefficient (Wildman–Crippen LogP) is 2.41. The van der Waals surface area contributed by atoms with Crippen molar-refractivity contribution in [3.8, 4) is 0 Å². The van der Waals surface area contributed by atoms with Gasteiger partial charge in [-0.1, -0.05) is 30.3 Å². The van der Waals surface area contributed by atoms with E-state index >= 15 is 0 Å². The Morgan fingerprint density at radius 3 is 2.74 bits per heavy atom. The summed E-state index contributed by atoms with van der Waals surface area (Å²) in [6, 6.07) is 10.8. The molecule has 2 saturated heterocycles. The summed E-state index contributed by atoms with van der Waals surface area (Å²) in [7, 11) is 0. The second-order valence-electron chi connectivity index (χ2n) is 6.73. The number of ether oxygens (including phenoxy) is 1. The summed E-state index contributed by atoms with van der Waals surface area (Å²) < 4.78 is 5.32. The highest BCUT2D eigenvalue weighted by Gasteiger charge is 2.23. The molecule has 23 heavy (non-hydrogen) atoms. The Morgan fingerprint density at radius 1 is 1.17 bits per heavy atom. The van der Waals surface area contributed by atoms with Crippen molar-refractivity contribution in [3.63, 3.8) is 0 Å². The van der Waals surface area contributed by atoms with Crippen LogP contribution in [0.15, 0.2) is 30.3 Å². The van der Waals surface area contributed by atoms with E-state index in [9.17, 15) is 4.79 Å². The highest BCUT2D eigenvalue weighted by atomic mass is 16.5. The van der Waals surface area contributed by atoms with Crippen molar-refractivity contribution in [2.75, 3.05) is 39.4 Å². The second kappa shape index (κ2) is 8.46. The number of hydrogen-bond donors (Lipinski definition) is 1. The number of benzene rings is 1. The first-order chi connectivity index (χ1) is 11.3. The number of amides is 1. The summed E-state index contributed by atoms with van der Waals surface area (Å²) in [4.78, 5) is 14.6. The third kappa shape index (κ3) is 4.79. The van der Waals surface area contributed by atoms with Gasteiger partial charge in [-0.2, -0.15) is 0 Å². The first-order valence-electron chi connectivity index (χ1n) is 8.95. The van der Waals surface area contributed by atoms with Gasteiger partial charge in [-0.15, -0.1) is 0 Å². The SMILES string of the molecule is O=C(NCCN1CCC[C@@H](c2ccccc2)C1)C1CCOCC1. The lowest BCUT2D eigenvalue weighted by molar-refractivity contribution is -0.127. The van der Waals surface area contributed by atoms with E-state index < -0.39 is 0 Å². The Kier molecular flexibility index (Phi) is 6.06. The van der Waals surface area contributed by atoms with Gasteiger partial charge in [-0.3, -0.25) is 4.79 Å². The van der Waals surface area contributed by atoms with Crippen molar-refractivity contribution in [1.29, 1.82) is 0 Å². The molecular weight excluding hydrogens is 288 g/mol. The molecule has 0 saturated carbocycles. The average Bonchev–Trinajstić information content (AvgIpc) is 2.63. The van der Waals surface area contributed by atoms with Gasteiger partial charge in [-0.05, 0) is 43.7 Å². The molecule has 0 aliphatic carbocycles. The third-order valence-electron chi connectivity index (χ3n) is 5.10. The molecule has 4 nitrogen and oxygen atoms in total. The largest absolute Gasteiger partial charge is 0.381 e. The number of carbonyl (C=O) groups is 1. The summed E-state index contributed by atoms with van der Waals surface area (Å²) in [5.74, 6) is 1.00. The number of likely N-dealkylation sites (tertiary alicyclic amines) is 1. The van der Waals surface area contributed by atoms with Gasteiger partial charge in [0.25, 0.3) is 0 Å². The van der Waals surface area contributed by atoms with E-state index in [2.05, 4.69) is 40.5 Å². The summed E-state index contributed by atoms with van der Waals surface area (Å²) in [5.41, 5.74) is 1.45. The summed E-state index contributed by atoms with van der Waals surface area (Å²) in [5, 5.41) is 3.12. The Balaban J connectivity index is 1.40. The molecule has 2 aliphatic heterocycles.